The lowest BCUT2D eigenvalue weighted by atomic mass is 9.84. The third-order valence-electron chi connectivity index (χ3n) is 5.85. The first-order valence-electron chi connectivity index (χ1n) is 9.37. The number of carbonyl (C=O) groups is 1. The lowest BCUT2D eigenvalue weighted by molar-refractivity contribution is 0.0735. The average molecular weight is 348 g/mol. The van der Waals surface area contributed by atoms with Crippen LogP contribution in [0.25, 0.3) is 0 Å². The van der Waals surface area contributed by atoms with E-state index in [1.807, 2.05) is 7.05 Å². The molecular weight excluding hydrogens is 320 g/mol. The molecule has 0 bridgehead atoms. The van der Waals surface area contributed by atoms with Crippen molar-refractivity contribution in [2.45, 2.75) is 18.9 Å². The quantitative estimate of drug-likeness (QED) is 0.840. The molecule has 0 aromatic carbocycles. The molecule has 138 valence electrons. The summed E-state index contributed by atoms with van der Waals surface area (Å²) in [6.07, 6.45) is 5.83. The highest BCUT2D eigenvalue weighted by Crippen LogP contribution is 2.34. The van der Waals surface area contributed by atoms with Gasteiger partial charge in [-0.25, -0.2) is 0 Å². The van der Waals surface area contributed by atoms with Crippen LogP contribution < -0.4 is 5.32 Å². The van der Waals surface area contributed by atoms with E-state index in [1.165, 1.54) is 6.42 Å². The molecule has 3 fully saturated rings. The number of hydrogen-bond donors (Lipinski definition) is 1. The zero-order valence-corrected chi connectivity index (χ0v) is 14.9. The van der Waals surface area contributed by atoms with Crippen LogP contribution in [0.4, 0.5) is 0 Å². The maximum atomic E-state index is 12.2. The van der Waals surface area contributed by atoms with Gasteiger partial charge in [-0.3, -0.25) is 9.48 Å². The Balaban J connectivity index is 1.25. The lowest BCUT2D eigenvalue weighted by Crippen LogP contribution is -2.45. The van der Waals surface area contributed by atoms with Crippen LogP contribution in [-0.2, 0) is 16.5 Å². The van der Waals surface area contributed by atoms with Gasteiger partial charge in [-0.05, 0) is 31.2 Å². The zero-order valence-electron chi connectivity index (χ0n) is 14.9. The van der Waals surface area contributed by atoms with Crippen LogP contribution in [0.2, 0.25) is 0 Å². The molecule has 1 amide bonds. The van der Waals surface area contributed by atoms with Gasteiger partial charge in [0.25, 0.3) is 5.91 Å². The second-order valence-corrected chi connectivity index (χ2v) is 7.69. The molecule has 25 heavy (non-hydrogen) atoms. The Morgan fingerprint density at radius 2 is 2.32 bits per heavy atom. The molecule has 4 rings (SSSR count). The van der Waals surface area contributed by atoms with Crippen LogP contribution in [0, 0.1) is 17.8 Å². The van der Waals surface area contributed by atoms with Crippen molar-refractivity contribution in [2.24, 2.45) is 24.8 Å². The summed E-state index contributed by atoms with van der Waals surface area (Å²) in [4.78, 5) is 14.8. The van der Waals surface area contributed by atoms with Crippen molar-refractivity contribution in [2.75, 3.05) is 46.0 Å². The number of ether oxygens (including phenoxy) is 2. The van der Waals surface area contributed by atoms with Gasteiger partial charge in [-0.2, -0.15) is 5.10 Å². The minimum atomic E-state index is -0.0705. The number of fused-ring (bicyclic) bond motifs is 1. The highest BCUT2D eigenvalue weighted by atomic mass is 16.5. The van der Waals surface area contributed by atoms with Crippen molar-refractivity contribution in [3.05, 3.63) is 18.0 Å². The molecule has 0 aliphatic carbocycles. The number of rotatable bonds is 5. The van der Waals surface area contributed by atoms with Gasteiger partial charge in [0.15, 0.2) is 0 Å². The van der Waals surface area contributed by atoms with Crippen LogP contribution in [0.1, 0.15) is 23.2 Å². The molecule has 4 atom stereocenters. The SMILES string of the molecule is Cn1cc(C(=O)NC[C@@H]2OC[C@H]3CN(C[C@H]4CCOC4)CC[C@H]32)cn1. The van der Waals surface area contributed by atoms with E-state index in [1.54, 1.807) is 17.1 Å². The summed E-state index contributed by atoms with van der Waals surface area (Å²) in [5.41, 5.74) is 0.602. The number of likely N-dealkylation sites (tertiary alicyclic amines) is 1. The fraction of sp³-hybridized carbons (Fsp3) is 0.778. The summed E-state index contributed by atoms with van der Waals surface area (Å²) in [5, 5.41) is 7.05. The number of nitrogens with zero attached hydrogens (tertiary/aromatic N) is 3. The van der Waals surface area contributed by atoms with Gasteiger partial charge >= 0.3 is 0 Å². The van der Waals surface area contributed by atoms with Gasteiger partial charge in [0, 0.05) is 45.4 Å². The first-order chi connectivity index (χ1) is 12.2. The van der Waals surface area contributed by atoms with E-state index in [0.29, 0.717) is 29.9 Å². The minimum Gasteiger partial charge on any atom is -0.381 e. The summed E-state index contributed by atoms with van der Waals surface area (Å²) in [6, 6.07) is 0. The second-order valence-electron chi connectivity index (χ2n) is 7.69. The number of amides is 1. The number of hydrogen-bond acceptors (Lipinski definition) is 5. The molecule has 1 aromatic heterocycles. The highest BCUT2D eigenvalue weighted by Gasteiger charge is 2.41. The number of nitrogens with one attached hydrogen (secondary N) is 1. The van der Waals surface area contributed by atoms with Crippen molar-refractivity contribution < 1.29 is 14.3 Å². The van der Waals surface area contributed by atoms with E-state index < -0.39 is 0 Å². The Hall–Kier alpha value is -1.44. The molecule has 0 spiro atoms. The molecule has 0 unspecified atom stereocenters. The van der Waals surface area contributed by atoms with Gasteiger partial charge in [0.2, 0.25) is 0 Å². The summed E-state index contributed by atoms with van der Waals surface area (Å²) < 4.78 is 13.2. The average Bonchev–Trinajstić information content (AvgIpc) is 3.34. The predicted octanol–water partition coefficient (Wildman–Crippen LogP) is 0.523. The summed E-state index contributed by atoms with van der Waals surface area (Å²) >= 11 is 0. The second kappa shape index (κ2) is 7.43. The van der Waals surface area contributed by atoms with Gasteiger partial charge in [-0.15, -0.1) is 0 Å². The number of carbonyl (C=O) groups excluding carboxylic acids is 1. The van der Waals surface area contributed by atoms with E-state index in [-0.39, 0.29) is 12.0 Å². The predicted molar refractivity (Wildman–Crippen MR) is 92.2 cm³/mol. The molecule has 3 saturated heterocycles. The summed E-state index contributed by atoms with van der Waals surface area (Å²) in [7, 11) is 1.81. The van der Waals surface area contributed by atoms with Crippen LogP contribution in [0.5, 0.6) is 0 Å². The largest absolute Gasteiger partial charge is 0.381 e. The third kappa shape index (κ3) is 3.88. The third-order valence-corrected chi connectivity index (χ3v) is 5.85. The monoisotopic (exact) mass is 348 g/mol. The molecule has 1 aromatic rings. The minimum absolute atomic E-state index is 0.0705. The Labute approximate surface area is 148 Å². The highest BCUT2D eigenvalue weighted by molar-refractivity contribution is 5.93. The first-order valence-corrected chi connectivity index (χ1v) is 9.37. The molecular formula is C18H28N4O3. The van der Waals surface area contributed by atoms with Crippen molar-refractivity contribution in [3.63, 3.8) is 0 Å². The Kier molecular flexibility index (Phi) is 5.05. The van der Waals surface area contributed by atoms with Gasteiger partial charge in [0.05, 0.1) is 31.1 Å². The lowest BCUT2D eigenvalue weighted by Gasteiger charge is -2.36. The molecule has 1 N–H and O–H groups in total. The van der Waals surface area contributed by atoms with Gasteiger partial charge in [0.1, 0.15) is 0 Å². The van der Waals surface area contributed by atoms with E-state index >= 15 is 0 Å². The fourth-order valence-electron chi connectivity index (χ4n) is 4.46. The molecule has 3 aliphatic heterocycles. The van der Waals surface area contributed by atoms with Crippen molar-refractivity contribution >= 4 is 5.91 Å². The summed E-state index contributed by atoms with van der Waals surface area (Å²) in [5.74, 6) is 1.79. The van der Waals surface area contributed by atoms with Crippen LogP contribution in [-0.4, -0.2) is 72.7 Å². The van der Waals surface area contributed by atoms with Crippen LogP contribution in [0.3, 0.4) is 0 Å². The van der Waals surface area contributed by atoms with E-state index in [2.05, 4.69) is 15.3 Å². The van der Waals surface area contributed by atoms with Gasteiger partial charge < -0.3 is 19.7 Å². The van der Waals surface area contributed by atoms with E-state index in [9.17, 15) is 4.79 Å². The fourth-order valence-corrected chi connectivity index (χ4v) is 4.46. The van der Waals surface area contributed by atoms with E-state index in [0.717, 1.165) is 45.9 Å². The molecule has 4 heterocycles. The Morgan fingerprint density at radius 1 is 1.40 bits per heavy atom. The van der Waals surface area contributed by atoms with Crippen molar-refractivity contribution in [1.82, 2.24) is 20.0 Å². The number of piperidine rings is 1. The first kappa shape index (κ1) is 17.0. The zero-order chi connectivity index (χ0) is 17.2. The van der Waals surface area contributed by atoms with E-state index in [4.69, 9.17) is 9.47 Å². The normalized spacial score (nSPS) is 32.7. The van der Waals surface area contributed by atoms with Gasteiger partial charge in [-0.1, -0.05) is 0 Å². The maximum absolute atomic E-state index is 12.2. The molecule has 7 heteroatoms. The smallest absolute Gasteiger partial charge is 0.254 e. The van der Waals surface area contributed by atoms with Crippen LogP contribution in [0.15, 0.2) is 12.4 Å². The Bertz CT molecular complexity index is 599. The van der Waals surface area contributed by atoms with Crippen LogP contribution >= 0.6 is 0 Å². The molecule has 3 aliphatic rings. The molecule has 0 saturated carbocycles. The topological polar surface area (TPSA) is 68.6 Å². The standard InChI is InChI=1S/C18H28N4O3/c1-21-9-14(6-20-21)18(23)19-7-17-16-2-4-22(10-15(16)12-25-17)8-13-3-5-24-11-13/h6,9,13,15-17H,2-5,7-8,10-12H2,1H3,(H,19,23)/t13-,15-,16-,17+/m1/s1. The van der Waals surface area contributed by atoms with Crippen molar-refractivity contribution in [1.29, 1.82) is 0 Å². The number of aromatic nitrogens is 2. The molecule has 7 nitrogen and oxygen atoms in total. The Morgan fingerprint density at radius 3 is 3.08 bits per heavy atom. The van der Waals surface area contributed by atoms with Crippen molar-refractivity contribution in [3.8, 4) is 0 Å². The molecule has 0 radical (unpaired) electrons. The summed E-state index contributed by atoms with van der Waals surface area (Å²) in [6.45, 7) is 6.66. The maximum Gasteiger partial charge on any atom is 0.254 e. The number of aryl methyl sites for hydroxylation is 1.